The van der Waals surface area contributed by atoms with E-state index in [4.69, 9.17) is 16.3 Å². The first-order chi connectivity index (χ1) is 11.1. The van der Waals surface area contributed by atoms with Crippen LogP contribution in [0, 0.1) is 0 Å². The van der Waals surface area contributed by atoms with E-state index in [-0.39, 0.29) is 0 Å². The minimum atomic E-state index is -0.460. The molecule has 0 atom stereocenters. The molecule has 0 aromatic heterocycles. The molecule has 2 aromatic rings. The number of nitrogens with one attached hydrogen (secondary N) is 2. The van der Waals surface area contributed by atoms with E-state index in [1.54, 1.807) is 43.5 Å². The van der Waals surface area contributed by atoms with Gasteiger partial charge >= 0.3 is 0 Å². The summed E-state index contributed by atoms with van der Waals surface area (Å²) in [5.74, 6) is -0.235. The number of para-hydroxylation sites is 1. The molecule has 0 aliphatic rings. The smallest absolute Gasteiger partial charge is 0.269 e. The van der Waals surface area contributed by atoms with Gasteiger partial charge in [-0.15, -0.1) is 0 Å². The van der Waals surface area contributed by atoms with E-state index in [2.05, 4.69) is 10.9 Å². The van der Waals surface area contributed by atoms with Crippen LogP contribution in [0.4, 0.5) is 0 Å². The summed E-state index contributed by atoms with van der Waals surface area (Å²) in [7, 11) is 1.55. The van der Waals surface area contributed by atoms with E-state index in [0.29, 0.717) is 16.3 Å². The summed E-state index contributed by atoms with van der Waals surface area (Å²) < 4.78 is 5.18. The van der Waals surface area contributed by atoms with Crippen LogP contribution < -0.4 is 15.6 Å². The number of hydrazine groups is 1. The number of ether oxygens (including phenoxy) is 1. The molecule has 118 valence electrons. The standard InChI is InChI=1S/C17H15ClN2O3/c1-23-15-5-3-2-4-12(15)8-11-16(21)19-20-17(22)13-6-9-14(18)10-7-13/h2-11H,1H3,(H,19,21)(H,20,22)/b11-8+. The first-order valence-corrected chi connectivity index (χ1v) is 7.15. The molecule has 2 aromatic carbocycles. The third kappa shape index (κ3) is 4.86. The first-order valence-electron chi connectivity index (χ1n) is 6.77. The molecule has 0 unspecified atom stereocenters. The number of halogens is 1. The first kappa shape index (κ1) is 16.6. The van der Waals surface area contributed by atoms with Crippen LogP contribution in [0.2, 0.25) is 5.02 Å². The number of hydrogen-bond donors (Lipinski definition) is 2. The zero-order valence-electron chi connectivity index (χ0n) is 12.4. The highest BCUT2D eigenvalue weighted by atomic mass is 35.5. The van der Waals surface area contributed by atoms with Gasteiger partial charge in [0, 0.05) is 22.2 Å². The van der Waals surface area contributed by atoms with Gasteiger partial charge in [0.05, 0.1) is 7.11 Å². The number of hydrogen-bond acceptors (Lipinski definition) is 3. The highest BCUT2D eigenvalue weighted by Gasteiger charge is 2.05. The van der Waals surface area contributed by atoms with Crippen molar-refractivity contribution in [3.8, 4) is 5.75 Å². The Morgan fingerprint density at radius 3 is 2.43 bits per heavy atom. The Kier molecular flexibility index (Phi) is 5.77. The molecule has 2 N–H and O–H groups in total. The maximum absolute atomic E-state index is 11.8. The van der Waals surface area contributed by atoms with E-state index < -0.39 is 11.8 Å². The largest absolute Gasteiger partial charge is 0.496 e. The fourth-order valence-corrected chi connectivity index (χ4v) is 1.93. The molecule has 0 saturated heterocycles. The van der Waals surface area contributed by atoms with E-state index in [1.165, 1.54) is 6.08 Å². The number of benzene rings is 2. The number of carbonyl (C=O) groups excluding carboxylic acids is 2. The van der Waals surface area contributed by atoms with E-state index in [9.17, 15) is 9.59 Å². The molecule has 23 heavy (non-hydrogen) atoms. The summed E-state index contributed by atoms with van der Waals surface area (Å²) >= 11 is 5.75. The molecule has 6 heteroatoms. The lowest BCUT2D eigenvalue weighted by atomic mass is 10.2. The lowest BCUT2D eigenvalue weighted by molar-refractivity contribution is -0.117. The highest BCUT2D eigenvalue weighted by molar-refractivity contribution is 6.30. The van der Waals surface area contributed by atoms with Gasteiger partial charge in [-0.1, -0.05) is 29.8 Å². The summed E-state index contributed by atoms with van der Waals surface area (Å²) in [6.07, 6.45) is 2.91. The maximum Gasteiger partial charge on any atom is 0.269 e. The van der Waals surface area contributed by atoms with Crippen LogP contribution in [-0.4, -0.2) is 18.9 Å². The molecule has 2 rings (SSSR count). The quantitative estimate of drug-likeness (QED) is 0.669. The predicted octanol–water partition coefficient (Wildman–Crippen LogP) is 2.82. The van der Waals surface area contributed by atoms with Crippen LogP contribution in [0.15, 0.2) is 54.6 Å². The monoisotopic (exact) mass is 330 g/mol. The maximum atomic E-state index is 11.8. The van der Waals surface area contributed by atoms with Gasteiger partial charge in [0.2, 0.25) is 0 Å². The Bertz CT molecular complexity index is 727. The van der Waals surface area contributed by atoms with E-state index in [1.807, 2.05) is 18.2 Å². The Morgan fingerprint density at radius 2 is 1.74 bits per heavy atom. The van der Waals surface area contributed by atoms with Gasteiger partial charge < -0.3 is 4.74 Å². The van der Waals surface area contributed by atoms with Gasteiger partial charge in [0.1, 0.15) is 5.75 Å². The fourth-order valence-electron chi connectivity index (χ4n) is 1.80. The Morgan fingerprint density at radius 1 is 1.04 bits per heavy atom. The topological polar surface area (TPSA) is 67.4 Å². The molecule has 5 nitrogen and oxygen atoms in total. The number of amides is 2. The van der Waals surface area contributed by atoms with Crippen LogP contribution in [0.5, 0.6) is 5.75 Å². The van der Waals surface area contributed by atoms with Crippen molar-refractivity contribution < 1.29 is 14.3 Å². The molecule has 0 heterocycles. The summed E-state index contributed by atoms with van der Waals surface area (Å²) in [5.41, 5.74) is 5.77. The minimum absolute atomic E-state index is 0.392. The Hall–Kier alpha value is -2.79. The average molecular weight is 331 g/mol. The van der Waals surface area contributed by atoms with Crippen LogP contribution in [0.25, 0.3) is 6.08 Å². The molecular weight excluding hydrogens is 316 g/mol. The third-order valence-electron chi connectivity index (χ3n) is 2.96. The summed E-state index contributed by atoms with van der Waals surface area (Å²) in [6, 6.07) is 13.6. The predicted molar refractivity (Wildman–Crippen MR) is 89.1 cm³/mol. The minimum Gasteiger partial charge on any atom is -0.496 e. The van der Waals surface area contributed by atoms with Gasteiger partial charge in [-0.2, -0.15) is 0 Å². The lowest BCUT2D eigenvalue weighted by Gasteiger charge is -2.06. The van der Waals surface area contributed by atoms with Crippen molar-refractivity contribution in [2.75, 3.05) is 7.11 Å². The van der Waals surface area contributed by atoms with Crippen LogP contribution in [0.3, 0.4) is 0 Å². The second-order valence-electron chi connectivity index (χ2n) is 4.53. The van der Waals surface area contributed by atoms with Crippen molar-refractivity contribution in [3.63, 3.8) is 0 Å². The molecule has 0 aliphatic carbocycles. The van der Waals surface area contributed by atoms with Crippen molar-refractivity contribution in [1.82, 2.24) is 10.9 Å². The number of rotatable bonds is 4. The number of carbonyl (C=O) groups is 2. The molecule has 0 radical (unpaired) electrons. The average Bonchev–Trinajstić information content (AvgIpc) is 2.58. The van der Waals surface area contributed by atoms with Crippen molar-refractivity contribution in [2.24, 2.45) is 0 Å². The zero-order valence-corrected chi connectivity index (χ0v) is 13.1. The van der Waals surface area contributed by atoms with E-state index in [0.717, 1.165) is 5.56 Å². The molecular formula is C17H15ClN2O3. The Balaban J connectivity index is 1.91. The third-order valence-corrected chi connectivity index (χ3v) is 3.21. The van der Waals surface area contributed by atoms with Crippen LogP contribution in [0.1, 0.15) is 15.9 Å². The summed E-state index contributed by atoms with van der Waals surface area (Å²) in [5, 5.41) is 0.533. The molecule has 0 aliphatic heterocycles. The SMILES string of the molecule is COc1ccccc1/C=C/C(=O)NNC(=O)c1ccc(Cl)cc1. The normalized spacial score (nSPS) is 10.3. The molecule has 0 bridgehead atoms. The zero-order chi connectivity index (χ0) is 16.7. The van der Waals surface area contributed by atoms with Crippen LogP contribution in [-0.2, 0) is 4.79 Å². The lowest BCUT2D eigenvalue weighted by Crippen LogP contribution is -2.40. The van der Waals surface area contributed by atoms with E-state index >= 15 is 0 Å². The summed E-state index contributed by atoms with van der Waals surface area (Å²) in [4.78, 5) is 23.6. The van der Waals surface area contributed by atoms with Gasteiger partial charge in [-0.25, -0.2) is 0 Å². The Labute approximate surface area is 138 Å². The molecule has 0 saturated carbocycles. The highest BCUT2D eigenvalue weighted by Crippen LogP contribution is 2.18. The molecule has 0 spiro atoms. The molecule has 2 amide bonds. The van der Waals surface area contributed by atoms with Gasteiger partial charge in [0.15, 0.2) is 0 Å². The number of methoxy groups -OCH3 is 1. The summed E-state index contributed by atoms with van der Waals surface area (Å²) in [6.45, 7) is 0. The fraction of sp³-hybridized carbons (Fsp3) is 0.0588. The van der Waals surface area contributed by atoms with Crippen LogP contribution >= 0.6 is 11.6 Å². The van der Waals surface area contributed by atoms with Crippen molar-refractivity contribution in [2.45, 2.75) is 0 Å². The second-order valence-corrected chi connectivity index (χ2v) is 4.96. The van der Waals surface area contributed by atoms with Gasteiger partial charge in [-0.05, 0) is 36.4 Å². The van der Waals surface area contributed by atoms with Crippen molar-refractivity contribution in [1.29, 1.82) is 0 Å². The second kappa shape index (κ2) is 8.00. The van der Waals surface area contributed by atoms with Gasteiger partial charge in [-0.3, -0.25) is 20.4 Å². The van der Waals surface area contributed by atoms with Gasteiger partial charge in [0.25, 0.3) is 11.8 Å². The van der Waals surface area contributed by atoms with Crippen molar-refractivity contribution >= 4 is 29.5 Å². The molecule has 0 fully saturated rings. The van der Waals surface area contributed by atoms with Crippen molar-refractivity contribution in [3.05, 3.63) is 70.8 Å².